The number of nitrogens with one attached hydrogen (secondary N) is 2. The first-order valence-electron chi connectivity index (χ1n) is 9.79. The summed E-state index contributed by atoms with van der Waals surface area (Å²) in [6, 6.07) is 14.4. The van der Waals surface area contributed by atoms with Crippen LogP contribution in [0.25, 0.3) is 10.9 Å². The van der Waals surface area contributed by atoms with E-state index in [9.17, 15) is 9.59 Å². The van der Waals surface area contributed by atoms with Gasteiger partial charge in [0.15, 0.2) is 0 Å². The average molecular weight is 408 g/mol. The Labute approximate surface area is 174 Å². The molecule has 3 aromatic rings. The third kappa shape index (κ3) is 4.40. The number of pyridine rings is 1. The number of aromatic nitrogens is 1. The molecule has 1 heterocycles. The van der Waals surface area contributed by atoms with E-state index in [0.29, 0.717) is 27.5 Å². The first kappa shape index (κ1) is 19.4. The van der Waals surface area contributed by atoms with Gasteiger partial charge in [0.1, 0.15) is 0 Å². The van der Waals surface area contributed by atoms with Crippen LogP contribution in [0.2, 0.25) is 5.02 Å². The Morgan fingerprint density at radius 3 is 2.45 bits per heavy atom. The molecule has 0 aliphatic heterocycles. The zero-order valence-electron chi connectivity index (χ0n) is 16.2. The Morgan fingerprint density at radius 1 is 1.00 bits per heavy atom. The van der Waals surface area contributed by atoms with Gasteiger partial charge in [-0.05, 0) is 68.3 Å². The van der Waals surface area contributed by atoms with Gasteiger partial charge in [-0.15, -0.1) is 0 Å². The van der Waals surface area contributed by atoms with Crippen LogP contribution in [0.15, 0.2) is 48.5 Å². The molecule has 0 spiro atoms. The number of amides is 2. The molecule has 148 valence electrons. The van der Waals surface area contributed by atoms with Crippen LogP contribution in [0, 0.1) is 6.92 Å². The van der Waals surface area contributed by atoms with E-state index in [1.54, 1.807) is 49.4 Å². The van der Waals surface area contributed by atoms with Crippen molar-refractivity contribution in [2.75, 3.05) is 5.32 Å². The van der Waals surface area contributed by atoms with Crippen LogP contribution in [0.1, 0.15) is 52.1 Å². The summed E-state index contributed by atoms with van der Waals surface area (Å²) in [5.74, 6) is -0.318. The van der Waals surface area contributed by atoms with E-state index in [4.69, 9.17) is 11.6 Å². The van der Waals surface area contributed by atoms with E-state index in [1.807, 2.05) is 6.07 Å². The minimum Gasteiger partial charge on any atom is -0.349 e. The van der Waals surface area contributed by atoms with Crippen molar-refractivity contribution >= 4 is 40.0 Å². The monoisotopic (exact) mass is 407 g/mol. The lowest BCUT2D eigenvalue weighted by atomic mass is 10.1. The van der Waals surface area contributed by atoms with Gasteiger partial charge in [-0.1, -0.05) is 24.4 Å². The molecule has 29 heavy (non-hydrogen) atoms. The molecule has 1 aliphatic carbocycles. The first-order chi connectivity index (χ1) is 14.0. The number of benzene rings is 2. The fraction of sp³-hybridized carbons (Fsp3) is 0.261. The summed E-state index contributed by atoms with van der Waals surface area (Å²) in [5, 5.41) is 7.35. The third-order valence-electron chi connectivity index (χ3n) is 5.31. The molecule has 5 nitrogen and oxygen atoms in total. The fourth-order valence-electron chi connectivity index (χ4n) is 3.72. The second-order valence-electron chi connectivity index (χ2n) is 7.44. The van der Waals surface area contributed by atoms with Crippen molar-refractivity contribution in [3.8, 4) is 0 Å². The van der Waals surface area contributed by atoms with Gasteiger partial charge in [0.2, 0.25) is 0 Å². The maximum Gasteiger partial charge on any atom is 0.257 e. The predicted molar refractivity (Wildman–Crippen MR) is 116 cm³/mol. The Balaban J connectivity index is 1.47. The Kier molecular flexibility index (Phi) is 5.49. The van der Waals surface area contributed by atoms with Crippen LogP contribution < -0.4 is 10.6 Å². The van der Waals surface area contributed by atoms with Crippen molar-refractivity contribution in [2.24, 2.45) is 0 Å². The third-order valence-corrected chi connectivity index (χ3v) is 5.54. The van der Waals surface area contributed by atoms with Crippen LogP contribution in [-0.2, 0) is 0 Å². The molecule has 0 radical (unpaired) electrons. The Bertz CT molecular complexity index is 1070. The molecule has 4 rings (SSSR count). The lowest BCUT2D eigenvalue weighted by Crippen LogP contribution is -2.32. The van der Waals surface area contributed by atoms with Crippen LogP contribution in [0.5, 0.6) is 0 Å². The van der Waals surface area contributed by atoms with Gasteiger partial charge in [0.05, 0.1) is 16.8 Å². The highest BCUT2D eigenvalue weighted by molar-refractivity contribution is 6.31. The molecule has 0 saturated heterocycles. The summed E-state index contributed by atoms with van der Waals surface area (Å²) in [4.78, 5) is 29.6. The number of anilines is 1. The number of rotatable bonds is 4. The summed E-state index contributed by atoms with van der Waals surface area (Å²) >= 11 is 6.05. The smallest absolute Gasteiger partial charge is 0.257 e. The molecule has 0 unspecified atom stereocenters. The van der Waals surface area contributed by atoms with E-state index in [-0.39, 0.29) is 17.9 Å². The van der Waals surface area contributed by atoms with E-state index in [2.05, 4.69) is 15.6 Å². The Hall–Kier alpha value is -2.92. The van der Waals surface area contributed by atoms with Crippen molar-refractivity contribution in [3.05, 3.63) is 70.4 Å². The summed E-state index contributed by atoms with van der Waals surface area (Å²) < 4.78 is 0. The van der Waals surface area contributed by atoms with Crippen LogP contribution in [0.4, 0.5) is 5.69 Å². The lowest BCUT2D eigenvalue weighted by Gasteiger charge is -2.12. The largest absolute Gasteiger partial charge is 0.349 e. The van der Waals surface area contributed by atoms with E-state index >= 15 is 0 Å². The Morgan fingerprint density at radius 2 is 1.72 bits per heavy atom. The van der Waals surface area contributed by atoms with Gasteiger partial charge >= 0.3 is 0 Å². The van der Waals surface area contributed by atoms with Gasteiger partial charge in [-0.3, -0.25) is 14.6 Å². The molecule has 2 N–H and O–H groups in total. The zero-order chi connectivity index (χ0) is 20.4. The number of nitrogens with zero attached hydrogens (tertiary/aromatic N) is 1. The SMILES string of the molecule is Cc1nc2ccc(Cl)cc2cc1C(=O)Nc1ccc(C(=O)NC2CCCC2)cc1. The quantitative estimate of drug-likeness (QED) is 0.630. The predicted octanol–water partition coefficient (Wildman–Crippen LogP) is 5.12. The summed E-state index contributed by atoms with van der Waals surface area (Å²) in [5.41, 5.74) is 3.14. The number of hydrogen-bond donors (Lipinski definition) is 2. The zero-order valence-corrected chi connectivity index (χ0v) is 16.9. The molecule has 1 saturated carbocycles. The summed E-state index contributed by atoms with van der Waals surface area (Å²) in [6.07, 6.45) is 4.44. The molecule has 1 aromatic heterocycles. The standard InChI is InChI=1S/C23H22ClN3O2/c1-14-20(13-16-12-17(24)8-11-21(16)25-14)23(29)27-19-9-6-15(7-10-19)22(28)26-18-4-2-3-5-18/h6-13,18H,2-5H2,1H3,(H,26,28)(H,27,29). The van der Waals surface area contributed by atoms with Crippen molar-refractivity contribution < 1.29 is 9.59 Å². The number of hydrogen-bond acceptors (Lipinski definition) is 3. The van der Waals surface area contributed by atoms with E-state index in [1.165, 1.54) is 12.8 Å². The first-order valence-corrected chi connectivity index (χ1v) is 10.2. The second kappa shape index (κ2) is 8.21. The van der Waals surface area contributed by atoms with Crippen LogP contribution in [0.3, 0.4) is 0 Å². The van der Waals surface area contributed by atoms with Gasteiger partial charge in [-0.2, -0.15) is 0 Å². The van der Waals surface area contributed by atoms with E-state index in [0.717, 1.165) is 23.7 Å². The maximum atomic E-state index is 12.7. The van der Waals surface area contributed by atoms with Crippen molar-refractivity contribution in [1.82, 2.24) is 10.3 Å². The molecule has 1 aliphatic rings. The van der Waals surface area contributed by atoms with Crippen LogP contribution in [-0.4, -0.2) is 22.8 Å². The van der Waals surface area contributed by atoms with Gasteiger partial charge in [-0.25, -0.2) is 0 Å². The highest BCUT2D eigenvalue weighted by Gasteiger charge is 2.18. The minimum atomic E-state index is -0.250. The highest BCUT2D eigenvalue weighted by atomic mass is 35.5. The molecule has 2 aromatic carbocycles. The second-order valence-corrected chi connectivity index (χ2v) is 7.88. The summed E-state index contributed by atoms with van der Waals surface area (Å²) in [6.45, 7) is 1.80. The molecule has 0 bridgehead atoms. The maximum absolute atomic E-state index is 12.7. The number of halogens is 1. The van der Waals surface area contributed by atoms with Crippen molar-refractivity contribution in [1.29, 1.82) is 0 Å². The molecule has 1 fully saturated rings. The van der Waals surface area contributed by atoms with Gasteiger partial charge in [0.25, 0.3) is 11.8 Å². The van der Waals surface area contributed by atoms with Gasteiger partial charge < -0.3 is 10.6 Å². The molecule has 2 amide bonds. The summed E-state index contributed by atoms with van der Waals surface area (Å²) in [7, 11) is 0. The van der Waals surface area contributed by atoms with Gasteiger partial charge in [0, 0.05) is 27.7 Å². The molecule has 6 heteroatoms. The fourth-order valence-corrected chi connectivity index (χ4v) is 3.90. The topological polar surface area (TPSA) is 71.1 Å². The van der Waals surface area contributed by atoms with Crippen LogP contribution >= 0.6 is 11.6 Å². The van der Waals surface area contributed by atoms with Crippen molar-refractivity contribution in [2.45, 2.75) is 38.6 Å². The normalized spacial score (nSPS) is 14.1. The van der Waals surface area contributed by atoms with Crippen molar-refractivity contribution in [3.63, 3.8) is 0 Å². The number of carbonyl (C=O) groups excluding carboxylic acids is 2. The highest BCUT2D eigenvalue weighted by Crippen LogP contribution is 2.22. The van der Waals surface area contributed by atoms with E-state index < -0.39 is 0 Å². The number of carbonyl (C=O) groups is 2. The molecular weight excluding hydrogens is 386 g/mol. The number of fused-ring (bicyclic) bond motifs is 1. The average Bonchev–Trinajstić information content (AvgIpc) is 3.21. The lowest BCUT2D eigenvalue weighted by molar-refractivity contribution is 0.0937. The minimum absolute atomic E-state index is 0.0683. The molecular formula is C23H22ClN3O2. The number of aryl methyl sites for hydroxylation is 1. The molecule has 0 atom stereocenters.